The SMILES string of the molecule is Cc1nnc(C[C@@H]2N=C(c3ccc(Cl)cc3)c3c(sc(C#CC4(O)COC4)c3C)-n3c(C)nnc32)o1. The molecular weight excluding hydrogens is 500 g/mol. The number of nitrogens with zero attached hydrogens (tertiary/aromatic N) is 6. The number of fused-ring (bicyclic) bond motifs is 3. The third-order valence-electron chi connectivity index (χ3n) is 6.14. The maximum Gasteiger partial charge on any atom is 0.219 e. The van der Waals surface area contributed by atoms with Crippen molar-refractivity contribution in [1.29, 1.82) is 0 Å². The van der Waals surface area contributed by atoms with E-state index < -0.39 is 11.6 Å². The lowest BCUT2D eigenvalue weighted by atomic mass is 9.99. The van der Waals surface area contributed by atoms with E-state index in [-0.39, 0.29) is 13.2 Å². The third-order valence-corrected chi connectivity index (χ3v) is 7.59. The number of aliphatic hydroxyl groups is 1. The molecule has 0 unspecified atom stereocenters. The van der Waals surface area contributed by atoms with E-state index in [1.54, 1.807) is 6.92 Å². The molecule has 1 saturated heterocycles. The molecule has 1 fully saturated rings. The van der Waals surface area contributed by atoms with E-state index in [9.17, 15) is 5.11 Å². The summed E-state index contributed by atoms with van der Waals surface area (Å²) in [5.41, 5.74) is 2.51. The predicted molar refractivity (Wildman–Crippen MR) is 134 cm³/mol. The number of aryl methyl sites for hydroxylation is 2. The second-order valence-electron chi connectivity index (χ2n) is 8.87. The van der Waals surface area contributed by atoms with Crippen LogP contribution < -0.4 is 0 Å². The number of aromatic nitrogens is 5. The Kier molecular flexibility index (Phi) is 5.53. The van der Waals surface area contributed by atoms with E-state index in [0.717, 1.165) is 38.1 Å². The van der Waals surface area contributed by atoms with Crippen LogP contribution in [0.3, 0.4) is 0 Å². The van der Waals surface area contributed by atoms with Gasteiger partial charge in [-0.05, 0) is 31.5 Å². The normalized spacial score (nSPS) is 17.8. The second-order valence-corrected chi connectivity index (χ2v) is 10.3. The Bertz CT molecular complexity index is 1570. The highest BCUT2D eigenvalue weighted by molar-refractivity contribution is 7.15. The van der Waals surface area contributed by atoms with Gasteiger partial charge in [-0.1, -0.05) is 35.6 Å². The van der Waals surface area contributed by atoms with Crippen LogP contribution >= 0.6 is 22.9 Å². The van der Waals surface area contributed by atoms with E-state index in [2.05, 4.69) is 32.2 Å². The van der Waals surface area contributed by atoms with Gasteiger partial charge >= 0.3 is 0 Å². The van der Waals surface area contributed by atoms with E-state index in [0.29, 0.717) is 29.0 Å². The zero-order valence-corrected chi connectivity index (χ0v) is 21.3. The van der Waals surface area contributed by atoms with Gasteiger partial charge in [-0.25, -0.2) is 0 Å². The van der Waals surface area contributed by atoms with Gasteiger partial charge in [0, 0.05) is 23.1 Å². The van der Waals surface area contributed by atoms with Gasteiger partial charge in [-0.15, -0.1) is 31.7 Å². The number of thiophene rings is 1. The van der Waals surface area contributed by atoms with Crippen LogP contribution in [-0.2, 0) is 11.2 Å². The molecular formula is C25H21ClN6O3S. The highest BCUT2D eigenvalue weighted by Gasteiger charge is 2.35. The van der Waals surface area contributed by atoms with E-state index in [4.69, 9.17) is 25.7 Å². The minimum absolute atomic E-state index is 0.215. The molecule has 0 saturated carbocycles. The summed E-state index contributed by atoms with van der Waals surface area (Å²) in [6, 6.07) is 7.20. The topological polar surface area (TPSA) is 111 Å². The maximum atomic E-state index is 10.4. The van der Waals surface area contributed by atoms with Gasteiger partial charge in [0.2, 0.25) is 11.8 Å². The van der Waals surface area contributed by atoms with Crippen LogP contribution in [0.25, 0.3) is 5.00 Å². The molecule has 3 aromatic heterocycles. The quantitative estimate of drug-likeness (QED) is 0.411. The Morgan fingerprint density at radius 3 is 2.58 bits per heavy atom. The van der Waals surface area contributed by atoms with Crippen molar-refractivity contribution < 1.29 is 14.3 Å². The van der Waals surface area contributed by atoms with Crippen molar-refractivity contribution in [2.24, 2.45) is 4.99 Å². The first-order valence-electron chi connectivity index (χ1n) is 11.3. The van der Waals surface area contributed by atoms with Crippen molar-refractivity contribution in [1.82, 2.24) is 25.0 Å². The molecule has 0 radical (unpaired) electrons. The van der Waals surface area contributed by atoms with Gasteiger partial charge in [0.05, 0.1) is 30.2 Å². The molecule has 0 spiro atoms. The smallest absolute Gasteiger partial charge is 0.219 e. The molecule has 182 valence electrons. The summed E-state index contributed by atoms with van der Waals surface area (Å²) in [7, 11) is 0. The van der Waals surface area contributed by atoms with Crippen molar-refractivity contribution in [3.8, 4) is 16.8 Å². The minimum Gasteiger partial charge on any atom is -0.426 e. The first kappa shape index (κ1) is 23.1. The van der Waals surface area contributed by atoms with Gasteiger partial charge in [-0.3, -0.25) is 9.56 Å². The molecule has 2 aliphatic heterocycles. The van der Waals surface area contributed by atoms with Crippen molar-refractivity contribution in [3.63, 3.8) is 0 Å². The Balaban J connectivity index is 1.56. The highest BCUT2D eigenvalue weighted by Crippen LogP contribution is 2.39. The van der Waals surface area contributed by atoms with E-state index in [1.807, 2.05) is 42.7 Å². The van der Waals surface area contributed by atoms with Crippen molar-refractivity contribution in [3.05, 3.63) is 74.3 Å². The van der Waals surface area contributed by atoms with Gasteiger partial charge in [0.25, 0.3) is 0 Å². The van der Waals surface area contributed by atoms with Gasteiger partial charge in [0.1, 0.15) is 16.9 Å². The zero-order valence-electron chi connectivity index (χ0n) is 19.7. The Morgan fingerprint density at radius 2 is 1.92 bits per heavy atom. The third kappa shape index (κ3) is 3.94. The van der Waals surface area contributed by atoms with Crippen LogP contribution in [0.4, 0.5) is 0 Å². The second kappa shape index (κ2) is 8.64. The molecule has 9 nitrogen and oxygen atoms in total. The Labute approximate surface area is 215 Å². The molecule has 6 rings (SSSR count). The summed E-state index contributed by atoms with van der Waals surface area (Å²) in [6.45, 7) is 6.12. The van der Waals surface area contributed by atoms with Crippen molar-refractivity contribution >= 4 is 28.6 Å². The summed E-state index contributed by atoms with van der Waals surface area (Å²) in [5.74, 6) is 8.56. The first-order valence-corrected chi connectivity index (χ1v) is 12.5. The first-order chi connectivity index (χ1) is 17.3. The molecule has 1 aromatic carbocycles. The minimum atomic E-state index is -1.11. The van der Waals surface area contributed by atoms with Crippen molar-refractivity contribution in [2.75, 3.05) is 13.2 Å². The molecule has 1 N–H and O–H groups in total. The fourth-order valence-electron chi connectivity index (χ4n) is 4.27. The van der Waals surface area contributed by atoms with Gasteiger partial charge in [0.15, 0.2) is 11.4 Å². The van der Waals surface area contributed by atoms with Gasteiger partial charge < -0.3 is 14.3 Å². The van der Waals surface area contributed by atoms with Crippen LogP contribution in [0.5, 0.6) is 0 Å². The number of rotatable bonds is 3. The molecule has 0 aliphatic carbocycles. The lowest BCUT2D eigenvalue weighted by Gasteiger charge is -2.30. The monoisotopic (exact) mass is 520 g/mol. The molecule has 4 aromatic rings. The number of halogens is 1. The lowest BCUT2D eigenvalue weighted by molar-refractivity contribution is -0.140. The van der Waals surface area contributed by atoms with Crippen LogP contribution in [0.15, 0.2) is 33.7 Å². The van der Waals surface area contributed by atoms with Gasteiger partial charge in [-0.2, -0.15) is 0 Å². The lowest BCUT2D eigenvalue weighted by Crippen LogP contribution is -2.48. The summed E-state index contributed by atoms with van der Waals surface area (Å²) >= 11 is 7.72. The number of aliphatic imine (C=N–C) groups is 1. The number of hydrogen-bond acceptors (Lipinski definition) is 9. The fourth-order valence-corrected chi connectivity index (χ4v) is 5.61. The molecule has 1 atom stereocenters. The summed E-state index contributed by atoms with van der Waals surface area (Å²) in [5, 5.41) is 29.0. The summed E-state index contributed by atoms with van der Waals surface area (Å²) < 4.78 is 12.8. The average molecular weight is 521 g/mol. The Hall–Kier alpha value is -3.36. The van der Waals surface area contributed by atoms with E-state index >= 15 is 0 Å². The molecule has 0 amide bonds. The molecule has 0 bridgehead atoms. The van der Waals surface area contributed by atoms with Crippen molar-refractivity contribution in [2.45, 2.75) is 38.8 Å². The van der Waals surface area contributed by atoms with E-state index in [1.165, 1.54) is 11.3 Å². The Morgan fingerprint density at radius 1 is 1.14 bits per heavy atom. The van der Waals surface area contributed by atoms with Crippen LogP contribution in [0.1, 0.15) is 51.0 Å². The maximum absolute atomic E-state index is 10.4. The molecule has 2 aliphatic rings. The fraction of sp³-hybridized carbons (Fsp3) is 0.320. The molecule has 5 heterocycles. The number of hydrogen-bond donors (Lipinski definition) is 1. The standard InChI is InChI=1S/C25H21ClN6O3S/c1-13-19(8-9-25(33)11-34-12-25)36-24-21(13)22(16-4-6-17(26)7-5-16)27-18(10-20-30-29-15(3)35-20)23-31-28-14(2)32(23)24/h4-7,18,33H,10-12H2,1-3H3/t18-/m0/s1. The molecule has 36 heavy (non-hydrogen) atoms. The zero-order chi connectivity index (χ0) is 25.0. The number of ether oxygens (including phenoxy) is 1. The molecule has 11 heteroatoms. The summed E-state index contributed by atoms with van der Waals surface area (Å²) in [6.07, 6.45) is 0.379. The number of benzene rings is 1. The van der Waals surface area contributed by atoms with Crippen LogP contribution in [0, 0.1) is 32.6 Å². The summed E-state index contributed by atoms with van der Waals surface area (Å²) in [4.78, 5) is 6.04. The predicted octanol–water partition coefficient (Wildman–Crippen LogP) is 3.54. The highest BCUT2D eigenvalue weighted by atomic mass is 35.5. The van der Waals surface area contributed by atoms with Crippen LogP contribution in [0.2, 0.25) is 5.02 Å². The average Bonchev–Trinajstić information content (AvgIpc) is 3.49. The van der Waals surface area contributed by atoms with Crippen LogP contribution in [-0.4, -0.2) is 54.6 Å². The largest absolute Gasteiger partial charge is 0.426 e.